The van der Waals surface area contributed by atoms with Gasteiger partial charge in [-0.05, 0) is 24.5 Å². The molecule has 9 nitrogen and oxygen atoms in total. The number of carbonyl (C=O) groups is 4. The SMILES string of the molecule is CC(NC(=O)C(Cc1ccccc1)NC(=O)C(N)Cc1ccccc1)C(=O)NC(CS)C(=O)O. The number of benzene rings is 2. The van der Waals surface area contributed by atoms with Crippen LogP contribution < -0.4 is 21.7 Å². The summed E-state index contributed by atoms with van der Waals surface area (Å²) in [5.74, 6) is -3.11. The predicted octanol–water partition coefficient (Wildman–Crippen LogP) is 0.288. The van der Waals surface area contributed by atoms with Gasteiger partial charge in [-0.1, -0.05) is 60.7 Å². The van der Waals surface area contributed by atoms with Crippen LogP contribution >= 0.6 is 12.6 Å². The van der Waals surface area contributed by atoms with E-state index in [1.807, 2.05) is 60.7 Å². The normalized spacial score (nSPS) is 14.2. The van der Waals surface area contributed by atoms with Crippen LogP contribution in [-0.4, -0.2) is 58.7 Å². The smallest absolute Gasteiger partial charge is 0.327 e. The molecule has 0 fully saturated rings. The quantitative estimate of drug-likeness (QED) is 0.237. The molecule has 182 valence electrons. The summed E-state index contributed by atoms with van der Waals surface area (Å²) in [4.78, 5) is 49.2. The molecule has 6 N–H and O–H groups in total. The zero-order chi connectivity index (χ0) is 25.1. The fraction of sp³-hybridized carbons (Fsp3) is 0.333. The number of carbonyl (C=O) groups excluding carboxylic acids is 3. The Hall–Kier alpha value is -3.37. The van der Waals surface area contributed by atoms with Gasteiger partial charge in [0.2, 0.25) is 17.7 Å². The Balaban J connectivity index is 2.08. The van der Waals surface area contributed by atoms with Gasteiger partial charge < -0.3 is 26.8 Å². The number of hydrogen-bond acceptors (Lipinski definition) is 6. The van der Waals surface area contributed by atoms with Crippen LogP contribution in [0, 0.1) is 0 Å². The summed E-state index contributed by atoms with van der Waals surface area (Å²) in [6.07, 6.45) is 0.477. The first-order chi connectivity index (χ1) is 16.2. The van der Waals surface area contributed by atoms with Gasteiger partial charge in [-0.25, -0.2) is 4.79 Å². The molecule has 0 heterocycles. The minimum Gasteiger partial charge on any atom is -0.480 e. The van der Waals surface area contributed by atoms with E-state index in [-0.39, 0.29) is 12.2 Å². The summed E-state index contributed by atoms with van der Waals surface area (Å²) in [6.45, 7) is 1.42. The van der Waals surface area contributed by atoms with Gasteiger partial charge >= 0.3 is 5.97 Å². The molecule has 0 saturated heterocycles. The number of carboxylic acids is 1. The third kappa shape index (κ3) is 8.53. The Bertz CT molecular complexity index is 974. The molecule has 2 aromatic carbocycles. The van der Waals surface area contributed by atoms with E-state index in [9.17, 15) is 19.2 Å². The summed E-state index contributed by atoms with van der Waals surface area (Å²) in [5.41, 5.74) is 7.76. The van der Waals surface area contributed by atoms with Crippen molar-refractivity contribution in [2.75, 3.05) is 5.75 Å². The zero-order valence-corrected chi connectivity index (χ0v) is 19.7. The van der Waals surface area contributed by atoms with Crippen molar-refractivity contribution in [2.24, 2.45) is 5.73 Å². The number of nitrogens with one attached hydrogen (secondary N) is 3. The van der Waals surface area contributed by atoms with Crippen LogP contribution in [0.3, 0.4) is 0 Å². The highest BCUT2D eigenvalue weighted by Gasteiger charge is 2.28. The summed E-state index contributed by atoms with van der Waals surface area (Å²) in [5, 5.41) is 16.6. The minimum atomic E-state index is -1.23. The minimum absolute atomic E-state index is 0.103. The summed E-state index contributed by atoms with van der Waals surface area (Å²) >= 11 is 3.91. The highest BCUT2D eigenvalue weighted by Crippen LogP contribution is 2.06. The van der Waals surface area contributed by atoms with Crippen LogP contribution in [-0.2, 0) is 32.0 Å². The molecule has 0 bridgehead atoms. The Kier molecular flexibility index (Phi) is 10.6. The first kappa shape index (κ1) is 26.9. The van der Waals surface area contributed by atoms with Crippen molar-refractivity contribution >= 4 is 36.3 Å². The number of nitrogens with two attached hydrogens (primary N) is 1. The number of hydrogen-bond donors (Lipinski definition) is 6. The van der Waals surface area contributed by atoms with Crippen molar-refractivity contribution in [1.82, 2.24) is 16.0 Å². The highest BCUT2D eigenvalue weighted by molar-refractivity contribution is 7.80. The molecule has 0 saturated carbocycles. The number of carboxylic acid groups (broad SMARTS) is 1. The van der Waals surface area contributed by atoms with Crippen molar-refractivity contribution in [2.45, 2.75) is 43.9 Å². The standard InChI is InChI=1S/C24H30N4O5S/c1-15(21(29)28-20(14-34)24(32)33)26-23(31)19(13-17-10-6-3-7-11-17)27-22(30)18(25)12-16-8-4-2-5-9-16/h2-11,15,18-20,34H,12-14,25H2,1H3,(H,26,31)(H,27,30)(H,28,29)(H,32,33). The monoisotopic (exact) mass is 486 g/mol. The number of amides is 3. The Morgan fingerprint density at radius 3 is 1.79 bits per heavy atom. The van der Waals surface area contributed by atoms with E-state index >= 15 is 0 Å². The third-order valence-corrected chi connectivity index (χ3v) is 5.47. The van der Waals surface area contributed by atoms with Crippen LogP contribution in [0.1, 0.15) is 18.1 Å². The zero-order valence-electron chi connectivity index (χ0n) is 18.8. The topological polar surface area (TPSA) is 151 Å². The number of thiol groups is 1. The maximum atomic E-state index is 13.0. The Labute approximate surface area is 203 Å². The molecule has 0 radical (unpaired) electrons. The van der Waals surface area contributed by atoms with Gasteiger partial charge in [-0.15, -0.1) is 0 Å². The van der Waals surface area contributed by atoms with E-state index in [0.29, 0.717) is 6.42 Å². The number of rotatable bonds is 12. The summed E-state index contributed by atoms with van der Waals surface area (Å²) < 4.78 is 0. The molecule has 10 heteroatoms. The van der Waals surface area contributed by atoms with Crippen LogP contribution in [0.5, 0.6) is 0 Å². The van der Waals surface area contributed by atoms with E-state index in [2.05, 4.69) is 28.6 Å². The maximum Gasteiger partial charge on any atom is 0.327 e. The molecule has 4 atom stereocenters. The lowest BCUT2D eigenvalue weighted by molar-refractivity contribution is -0.141. The number of aliphatic carboxylic acids is 1. The molecule has 2 rings (SSSR count). The highest BCUT2D eigenvalue weighted by atomic mass is 32.1. The average molecular weight is 487 g/mol. The molecule has 2 aromatic rings. The fourth-order valence-electron chi connectivity index (χ4n) is 3.16. The van der Waals surface area contributed by atoms with Gasteiger partial charge in [0.1, 0.15) is 18.1 Å². The van der Waals surface area contributed by atoms with Crippen LogP contribution in [0.2, 0.25) is 0 Å². The molecule has 34 heavy (non-hydrogen) atoms. The molecule has 0 aromatic heterocycles. The second kappa shape index (κ2) is 13.4. The molecule has 0 aliphatic carbocycles. The second-order valence-corrected chi connectivity index (χ2v) is 8.22. The molecular weight excluding hydrogens is 456 g/mol. The van der Waals surface area contributed by atoms with Crippen molar-refractivity contribution in [3.63, 3.8) is 0 Å². The largest absolute Gasteiger partial charge is 0.480 e. The van der Waals surface area contributed by atoms with Crippen molar-refractivity contribution < 1.29 is 24.3 Å². The van der Waals surface area contributed by atoms with Gasteiger partial charge in [0.05, 0.1) is 6.04 Å². The first-order valence-electron chi connectivity index (χ1n) is 10.8. The molecule has 0 aliphatic heterocycles. The van der Waals surface area contributed by atoms with Crippen molar-refractivity contribution in [1.29, 1.82) is 0 Å². The molecule has 0 aliphatic rings. The van der Waals surface area contributed by atoms with Gasteiger partial charge in [-0.2, -0.15) is 12.6 Å². The van der Waals surface area contributed by atoms with Crippen LogP contribution in [0.15, 0.2) is 60.7 Å². The lowest BCUT2D eigenvalue weighted by Gasteiger charge is -2.23. The average Bonchev–Trinajstić information content (AvgIpc) is 2.82. The molecule has 0 spiro atoms. The first-order valence-corrected chi connectivity index (χ1v) is 11.4. The second-order valence-electron chi connectivity index (χ2n) is 7.86. The Morgan fingerprint density at radius 2 is 1.29 bits per heavy atom. The van der Waals surface area contributed by atoms with Crippen LogP contribution in [0.25, 0.3) is 0 Å². The molecule has 4 unspecified atom stereocenters. The maximum absolute atomic E-state index is 13.0. The van der Waals surface area contributed by atoms with Crippen molar-refractivity contribution in [3.05, 3.63) is 71.8 Å². The molecular formula is C24H30N4O5S. The van der Waals surface area contributed by atoms with Crippen LogP contribution in [0.4, 0.5) is 0 Å². The van der Waals surface area contributed by atoms with E-state index in [4.69, 9.17) is 10.8 Å². The van der Waals surface area contributed by atoms with Gasteiger partial charge in [0.25, 0.3) is 0 Å². The third-order valence-electron chi connectivity index (χ3n) is 5.10. The molecule has 3 amide bonds. The predicted molar refractivity (Wildman–Crippen MR) is 131 cm³/mol. The fourth-order valence-corrected chi connectivity index (χ4v) is 3.41. The summed E-state index contributed by atoms with van der Waals surface area (Å²) in [7, 11) is 0. The lowest BCUT2D eigenvalue weighted by Crippen LogP contribution is -2.57. The van der Waals surface area contributed by atoms with Gasteiger partial charge in [-0.3, -0.25) is 14.4 Å². The van der Waals surface area contributed by atoms with E-state index in [1.165, 1.54) is 6.92 Å². The summed E-state index contributed by atoms with van der Waals surface area (Å²) in [6, 6.07) is 14.3. The van der Waals surface area contributed by atoms with E-state index < -0.39 is 47.9 Å². The van der Waals surface area contributed by atoms with E-state index in [0.717, 1.165) is 11.1 Å². The van der Waals surface area contributed by atoms with Gasteiger partial charge in [0.15, 0.2) is 0 Å². The Morgan fingerprint density at radius 1 is 0.794 bits per heavy atom. The van der Waals surface area contributed by atoms with E-state index in [1.54, 1.807) is 0 Å². The van der Waals surface area contributed by atoms with Gasteiger partial charge in [0, 0.05) is 12.2 Å². The van der Waals surface area contributed by atoms with Crippen molar-refractivity contribution in [3.8, 4) is 0 Å². The lowest BCUT2D eigenvalue weighted by atomic mass is 10.0.